The number of hydrogen-bond acceptors (Lipinski definition) is 4. The van der Waals surface area contributed by atoms with E-state index in [1.807, 2.05) is 0 Å². The third-order valence-electron chi connectivity index (χ3n) is 2.17. The van der Waals surface area contributed by atoms with Crippen LogP contribution in [0.3, 0.4) is 0 Å². The van der Waals surface area contributed by atoms with Crippen molar-refractivity contribution in [2.24, 2.45) is 5.73 Å². The van der Waals surface area contributed by atoms with Crippen LogP contribution in [0.15, 0.2) is 15.5 Å². The van der Waals surface area contributed by atoms with E-state index in [0.717, 1.165) is 0 Å². The summed E-state index contributed by atoms with van der Waals surface area (Å²) in [6, 6.07) is 0. The maximum Gasteiger partial charge on any atom is 0.408 e. The highest BCUT2D eigenvalue weighted by Gasteiger charge is 2.29. The lowest BCUT2D eigenvalue weighted by Gasteiger charge is -2.19. The summed E-state index contributed by atoms with van der Waals surface area (Å²) < 4.78 is 37.0. The predicted molar refractivity (Wildman–Crippen MR) is 64.6 cm³/mol. The van der Waals surface area contributed by atoms with Crippen LogP contribution in [0.4, 0.5) is 18.9 Å². The molecule has 0 amide bonds. The molecule has 1 heterocycles. The van der Waals surface area contributed by atoms with Crippen molar-refractivity contribution in [3.05, 3.63) is 21.0 Å². The smallest absolute Gasteiger partial charge is 0.371 e. The number of nitrogens with zero attached hydrogens (tertiary/aromatic N) is 3. The molecule has 0 spiro atoms. The van der Waals surface area contributed by atoms with Crippen LogP contribution in [0.1, 0.15) is 0 Å². The molecule has 1 rings (SSSR count). The first kappa shape index (κ1) is 15.0. The van der Waals surface area contributed by atoms with Gasteiger partial charge in [0.1, 0.15) is 11.0 Å². The average Bonchev–Trinajstić information content (AvgIpc) is 2.23. The van der Waals surface area contributed by atoms with E-state index >= 15 is 0 Å². The Labute approximate surface area is 109 Å². The highest BCUT2D eigenvalue weighted by molar-refractivity contribution is 9.10. The molecule has 0 saturated heterocycles. The number of rotatable bonds is 4. The standard InChI is InChI=1S/C9H12BrF3N4O/c1-16(3-2-14)6-4-15-17(5-9(11,12)13)8(18)7(6)10/h4H,2-3,5,14H2,1H3. The maximum atomic E-state index is 12.2. The lowest BCUT2D eigenvalue weighted by molar-refractivity contribution is -0.143. The number of alkyl halides is 3. The van der Waals surface area contributed by atoms with E-state index in [-0.39, 0.29) is 4.47 Å². The second-order valence-electron chi connectivity index (χ2n) is 3.63. The molecule has 5 nitrogen and oxygen atoms in total. The van der Waals surface area contributed by atoms with E-state index < -0.39 is 18.3 Å². The number of halogens is 4. The summed E-state index contributed by atoms with van der Waals surface area (Å²) in [5, 5.41) is 3.50. The maximum absolute atomic E-state index is 12.2. The van der Waals surface area contributed by atoms with E-state index in [2.05, 4.69) is 21.0 Å². The molecule has 1 aromatic heterocycles. The molecular formula is C9H12BrF3N4O. The molecule has 1 aromatic rings. The molecule has 102 valence electrons. The first-order valence-electron chi connectivity index (χ1n) is 5.00. The Bertz CT molecular complexity index is 474. The van der Waals surface area contributed by atoms with Gasteiger partial charge in [0.25, 0.3) is 5.56 Å². The third kappa shape index (κ3) is 3.70. The second kappa shape index (κ2) is 5.70. The zero-order valence-electron chi connectivity index (χ0n) is 9.54. The number of nitrogens with two attached hydrogens (primary N) is 1. The normalized spacial score (nSPS) is 11.7. The summed E-state index contributed by atoms with van der Waals surface area (Å²) in [4.78, 5) is 13.3. The van der Waals surface area contributed by atoms with Gasteiger partial charge >= 0.3 is 6.18 Å². The average molecular weight is 329 g/mol. The van der Waals surface area contributed by atoms with Crippen molar-refractivity contribution < 1.29 is 13.2 Å². The summed E-state index contributed by atoms with van der Waals surface area (Å²) >= 11 is 2.99. The minimum atomic E-state index is -4.49. The second-order valence-corrected chi connectivity index (χ2v) is 4.43. The Morgan fingerprint density at radius 3 is 2.67 bits per heavy atom. The molecule has 2 N–H and O–H groups in total. The number of aromatic nitrogens is 2. The van der Waals surface area contributed by atoms with Crippen molar-refractivity contribution in [1.29, 1.82) is 0 Å². The molecule has 0 unspecified atom stereocenters. The van der Waals surface area contributed by atoms with Crippen LogP contribution in [0, 0.1) is 0 Å². The van der Waals surface area contributed by atoms with E-state index in [0.29, 0.717) is 23.5 Å². The lowest BCUT2D eigenvalue weighted by Crippen LogP contribution is -2.33. The molecular weight excluding hydrogens is 317 g/mol. The summed E-state index contributed by atoms with van der Waals surface area (Å²) in [5.41, 5.74) is 4.94. The van der Waals surface area contributed by atoms with Gasteiger partial charge in [0.05, 0.1) is 11.9 Å². The van der Waals surface area contributed by atoms with Crippen molar-refractivity contribution >= 4 is 21.6 Å². The van der Waals surface area contributed by atoms with Gasteiger partial charge in [0, 0.05) is 20.1 Å². The van der Waals surface area contributed by atoms with Crippen molar-refractivity contribution in [3.63, 3.8) is 0 Å². The molecule has 0 fully saturated rings. The molecule has 0 aliphatic rings. The Hall–Kier alpha value is -1.09. The summed E-state index contributed by atoms with van der Waals surface area (Å²) in [6.07, 6.45) is -3.28. The number of anilines is 1. The van der Waals surface area contributed by atoms with Crippen LogP contribution in [-0.2, 0) is 6.54 Å². The van der Waals surface area contributed by atoms with Crippen molar-refractivity contribution in [1.82, 2.24) is 9.78 Å². The minimum absolute atomic E-state index is 0.0395. The fraction of sp³-hybridized carbons (Fsp3) is 0.556. The molecule has 0 aromatic carbocycles. The minimum Gasteiger partial charge on any atom is -0.371 e. The molecule has 0 saturated carbocycles. The largest absolute Gasteiger partial charge is 0.408 e. The zero-order valence-corrected chi connectivity index (χ0v) is 11.1. The van der Waals surface area contributed by atoms with Crippen LogP contribution in [0.25, 0.3) is 0 Å². The van der Waals surface area contributed by atoms with Gasteiger partial charge in [0.2, 0.25) is 0 Å². The van der Waals surface area contributed by atoms with E-state index in [9.17, 15) is 18.0 Å². The number of hydrogen-bond donors (Lipinski definition) is 1. The van der Waals surface area contributed by atoms with Gasteiger partial charge in [0.15, 0.2) is 0 Å². The first-order chi connectivity index (χ1) is 8.26. The fourth-order valence-electron chi connectivity index (χ4n) is 1.32. The summed E-state index contributed by atoms with van der Waals surface area (Å²) in [5.74, 6) is 0. The van der Waals surface area contributed by atoms with Crippen LogP contribution >= 0.6 is 15.9 Å². The third-order valence-corrected chi connectivity index (χ3v) is 2.92. The van der Waals surface area contributed by atoms with Crippen LogP contribution in [-0.4, -0.2) is 36.1 Å². The van der Waals surface area contributed by atoms with Crippen LogP contribution in [0.2, 0.25) is 0 Å². The van der Waals surface area contributed by atoms with Crippen LogP contribution in [0.5, 0.6) is 0 Å². The zero-order chi connectivity index (χ0) is 13.9. The van der Waals surface area contributed by atoms with Crippen LogP contribution < -0.4 is 16.2 Å². The quantitative estimate of drug-likeness (QED) is 0.894. The highest BCUT2D eigenvalue weighted by atomic mass is 79.9. The van der Waals surface area contributed by atoms with Gasteiger partial charge in [-0.3, -0.25) is 4.79 Å². The summed E-state index contributed by atoms with van der Waals surface area (Å²) in [7, 11) is 1.67. The van der Waals surface area contributed by atoms with Gasteiger partial charge in [-0.15, -0.1) is 0 Å². The molecule has 0 aliphatic heterocycles. The molecule has 0 radical (unpaired) electrons. The topological polar surface area (TPSA) is 64.2 Å². The molecule has 0 aliphatic carbocycles. The SMILES string of the molecule is CN(CCN)c1cnn(CC(F)(F)F)c(=O)c1Br. The Kier molecular flexibility index (Phi) is 4.74. The van der Waals surface area contributed by atoms with Gasteiger partial charge in [-0.25, -0.2) is 4.68 Å². The first-order valence-corrected chi connectivity index (χ1v) is 5.79. The van der Waals surface area contributed by atoms with Crippen molar-refractivity contribution in [2.75, 3.05) is 25.0 Å². The van der Waals surface area contributed by atoms with Gasteiger partial charge < -0.3 is 10.6 Å². The lowest BCUT2D eigenvalue weighted by atomic mass is 10.4. The van der Waals surface area contributed by atoms with E-state index in [4.69, 9.17) is 5.73 Å². The monoisotopic (exact) mass is 328 g/mol. The Morgan fingerprint density at radius 2 is 2.17 bits per heavy atom. The fourth-order valence-corrected chi connectivity index (χ4v) is 1.93. The van der Waals surface area contributed by atoms with Gasteiger partial charge in [-0.05, 0) is 15.9 Å². The van der Waals surface area contributed by atoms with E-state index in [1.54, 1.807) is 11.9 Å². The Balaban J connectivity index is 3.09. The Morgan fingerprint density at radius 1 is 1.56 bits per heavy atom. The van der Waals surface area contributed by atoms with Crippen molar-refractivity contribution in [2.45, 2.75) is 12.7 Å². The summed E-state index contributed by atoms with van der Waals surface area (Å²) in [6.45, 7) is -0.594. The highest BCUT2D eigenvalue weighted by Crippen LogP contribution is 2.21. The molecule has 18 heavy (non-hydrogen) atoms. The van der Waals surface area contributed by atoms with E-state index in [1.165, 1.54) is 6.20 Å². The molecule has 0 atom stereocenters. The van der Waals surface area contributed by atoms with Crippen molar-refractivity contribution in [3.8, 4) is 0 Å². The molecule has 0 bridgehead atoms. The van der Waals surface area contributed by atoms with Gasteiger partial charge in [-0.2, -0.15) is 18.3 Å². The number of likely N-dealkylation sites (N-methyl/N-ethyl adjacent to an activating group) is 1. The molecule has 9 heteroatoms. The van der Waals surface area contributed by atoms with Gasteiger partial charge in [-0.1, -0.05) is 0 Å². The predicted octanol–water partition coefficient (Wildman–Crippen LogP) is 0.963.